The SMILES string of the molecule is CSCc1nnc(SC(C(=O)Nc2ccc(C)cc2)c2ccccc2)o1. The summed E-state index contributed by atoms with van der Waals surface area (Å²) in [7, 11) is 0. The van der Waals surface area contributed by atoms with Crippen molar-refractivity contribution in [3.8, 4) is 0 Å². The van der Waals surface area contributed by atoms with Gasteiger partial charge in [0.05, 0.1) is 5.75 Å². The summed E-state index contributed by atoms with van der Waals surface area (Å²) in [4.78, 5) is 12.9. The zero-order valence-corrected chi connectivity index (χ0v) is 16.1. The van der Waals surface area contributed by atoms with Crippen LogP contribution in [0.5, 0.6) is 0 Å². The van der Waals surface area contributed by atoms with E-state index in [4.69, 9.17) is 4.42 Å². The standard InChI is InChI=1S/C19H19N3O2S2/c1-13-8-10-15(11-9-13)20-18(23)17(14-6-4-3-5-7-14)26-19-22-21-16(24-19)12-25-2/h3-11,17H,12H2,1-2H3,(H,20,23). The fourth-order valence-corrected chi connectivity index (χ4v) is 3.57. The lowest BCUT2D eigenvalue weighted by Crippen LogP contribution is -2.19. The van der Waals surface area contributed by atoms with Crippen molar-refractivity contribution in [3.63, 3.8) is 0 Å². The van der Waals surface area contributed by atoms with Crippen molar-refractivity contribution >= 4 is 35.1 Å². The van der Waals surface area contributed by atoms with Gasteiger partial charge in [-0.15, -0.1) is 10.2 Å². The smallest absolute Gasteiger partial charge is 0.277 e. The van der Waals surface area contributed by atoms with Gasteiger partial charge in [-0.3, -0.25) is 4.79 Å². The number of anilines is 1. The number of carbonyl (C=O) groups is 1. The first-order chi connectivity index (χ1) is 12.7. The minimum atomic E-state index is -0.486. The second kappa shape index (κ2) is 8.91. The normalized spacial score (nSPS) is 11.9. The zero-order chi connectivity index (χ0) is 18.4. The summed E-state index contributed by atoms with van der Waals surface area (Å²) < 4.78 is 5.63. The molecular formula is C19H19N3O2S2. The van der Waals surface area contributed by atoms with Crippen molar-refractivity contribution in [2.75, 3.05) is 11.6 Å². The third kappa shape index (κ3) is 4.89. The molecular weight excluding hydrogens is 366 g/mol. The summed E-state index contributed by atoms with van der Waals surface area (Å²) in [6.45, 7) is 2.01. The molecule has 1 heterocycles. The molecule has 26 heavy (non-hydrogen) atoms. The highest BCUT2D eigenvalue weighted by Gasteiger charge is 2.25. The Kier molecular flexibility index (Phi) is 6.35. The average molecular weight is 386 g/mol. The first-order valence-electron chi connectivity index (χ1n) is 8.06. The summed E-state index contributed by atoms with van der Waals surface area (Å²) >= 11 is 2.87. The van der Waals surface area contributed by atoms with E-state index in [1.54, 1.807) is 11.8 Å². The number of nitrogens with zero attached hydrogens (tertiary/aromatic N) is 2. The van der Waals surface area contributed by atoms with Crippen LogP contribution in [0.3, 0.4) is 0 Å². The van der Waals surface area contributed by atoms with E-state index in [2.05, 4.69) is 15.5 Å². The molecule has 1 amide bonds. The van der Waals surface area contributed by atoms with Crippen molar-refractivity contribution in [1.82, 2.24) is 10.2 Å². The van der Waals surface area contributed by atoms with Crippen LogP contribution in [0.2, 0.25) is 0 Å². The Balaban J connectivity index is 1.80. The van der Waals surface area contributed by atoms with E-state index in [-0.39, 0.29) is 5.91 Å². The monoisotopic (exact) mass is 385 g/mol. The van der Waals surface area contributed by atoms with Gasteiger partial charge >= 0.3 is 0 Å². The van der Waals surface area contributed by atoms with Gasteiger partial charge in [0.2, 0.25) is 11.8 Å². The van der Waals surface area contributed by atoms with Crippen LogP contribution in [0.25, 0.3) is 0 Å². The van der Waals surface area contributed by atoms with Crippen molar-refractivity contribution in [2.45, 2.75) is 23.1 Å². The summed E-state index contributed by atoms with van der Waals surface area (Å²) in [5.41, 5.74) is 2.78. The third-order valence-corrected chi connectivity index (χ3v) is 5.22. The highest BCUT2D eigenvalue weighted by atomic mass is 32.2. The molecule has 0 saturated heterocycles. The Morgan fingerprint density at radius 2 is 1.85 bits per heavy atom. The van der Waals surface area contributed by atoms with Gasteiger partial charge in [0, 0.05) is 5.69 Å². The number of hydrogen-bond donors (Lipinski definition) is 1. The number of thioether (sulfide) groups is 2. The molecule has 1 aromatic heterocycles. The molecule has 3 rings (SSSR count). The second-order valence-corrected chi connectivity index (χ2v) is 7.58. The largest absolute Gasteiger partial charge is 0.415 e. The van der Waals surface area contributed by atoms with Gasteiger partial charge in [0.25, 0.3) is 5.22 Å². The molecule has 0 radical (unpaired) electrons. The van der Waals surface area contributed by atoms with Gasteiger partial charge in [-0.05, 0) is 42.6 Å². The molecule has 2 aromatic carbocycles. The minimum absolute atomic E-state index is 0.130. The van der Waals surface area contributed by atoms with Gasteiger partial charge in [0.15, 0.2) is 0 Å². The van der Waals surface area contributed by atoms with Crippen LogP contribution < -0.4 is 5.32 Å². The van der Waals surface area contributed by atoms with Crippen LogP contribution in [0.15, 0.2) is 64.2 Å². The van der Waals surface area contributed by atoms with E-state index in [1.807, 2.05) is 67.8 Å². The minimum Gasteiger partial charge on any atom is -0.415 e. The van der Waals surface area contributed by atoms with Crippen LogP contribution in [-0.2, 0) is 10.5 Å². The first-order valence-corrected chi connectivity index (χ1v) is 10.3. The maximum atomic E-state index is 12.9. The Morgan fingerprint density at radius 1 is 1.12 bits per heavy atom. The molecule has 0 spiro atoms. The molecule has 1 atom stereocenters. The molecule has 1 unspecified atom stereocenters. The molecule has 0 saturated carbocycles. The topological polar surface area (TPSA) is 68.0 Å². The Morgan fingerprint density at radius 3 is 2.54 bits per heavy atom. The number of benzene rings is 2. The number of amides is 1. The first kappa shape index (κ1) is 18.5. The Hall–Kier alpha value is -2.25. The summed E-state index contributed by atoms with van der Waals surface area (Å²) in [6.07, 6.45) is 1.97. The van der Waals surface area contributed by atoms with E-state index < -0.39 is 5.25 Å². The molecule has 7 heteroatoms. The van der Waals surface area contributed by atoms with Gasteiger partial charge in [-0.2, -0.15) is 11.8 Å². The molecule has 134 valence electrons. The van der Waals surface area contributed by atoms with Gasteiger partial charge in [-0.1, -0.05) is 48.0 Å². The van der Waals surface area contributed by atoms with Crippen molar-refractivity contribution in [2.24, 2.45) is 0 Å². The van der Waals surface area contributed by atoms with Crippen LogP contribution in [0.4, 0.5) is 5.69 Å². The predicted molar refractivity (Wildman–Crippen MR) is 106 cm³/mol. The predicted octanol–water partition coefficient (Wildman–Crippen LogP) is 4.71. The molecule has 0 aliphatic heterocycles. The second-order valence-electron chi connectivity index (χ2n) is 5.66. The zero-order valence-electron chi connectivity index (χ0n) is 14.5. The number of aromatic nitrogens is 2. The highest BCUT2D eigenvalue weighted by molar-refractivity contribution is 8.00. The lowest BCUT2D eigenvalue weighted by Gasteiger charge is -2.15. The lowest BCUT2D eigenvalue weighted by molar-refractivity contribution is -0.115. The molecule has 3 aromatic rings. The lowest BCUT2D eigenvalue weighted by atomic mass is 10.1. The van der Waals surface area contributed by atoms with Crippen molar-refractivity contribution < 1.29 is 9.21 Å². The average Bonchev–Trinajstić information content (AvgIpc) is 3.10. The summed E-state index contributed by atoms with van der Waals surface area (Å²) in [5.74, 6) is 1.08. The maximum Gasteiger partial charge on any atom is 0.277 e. The van der Waals surface area contributed by atoms with E-state index in [0.717, 1.165) is 16.8 Å². The highest BCUT2D eigenvalue weighted by Crippen LogP contribution is 2.35. The molecule has 0 aliphatic rings. The van der Waals surface area contributed by atoms with Crippen molar-refractivity contribution in [3.05, 3.63) is 71.6 Å². The molecule has 1 N–H and O–H groups in total. The van der Waals surface area contributed by atoms with Gasteiger partial charge < -0.3 is 9.73 Å². The third-order valence-electron chi connectivity index (χ3n) is 3.59. The van der Waals surface area contributed by atoms with Gasteiger partial charge in [-0.25, -0.2) is 0 Å². The molecule has 0 aliphatic carbocycles. The fourth-order valence-electron chi connectivity index (χ4n) is 2.31. The number of hydrogen-bond acceptors (Lipinski definition) is 6. The number of carbonyl (C=O) groups excluding carboxylic acids is 1. The Labute approximate surface area is 161 Å². The fraction of sp³-hybridized carbons (Fsp3) is 0.211. The van der Waals surface area contributed by atoms with Crippen LogP contribution >= 0.6 is 23.5 Å². The van der Waals surface area contributed by atoms with E-state index in [9.17, 15) is 4.79 Å². The van der Waals surface area contributed by atoms with E-state index >= 15 is 0 Å². The maximum absolute atomic E-state index is 12.9. The summed E-state index contributed by atoms with van der Waals surface area (Å²) in [6, 6.07) is 17.3. The molecule has 5 nitrogen and oxygen atoms in total. The van der Waals surface area contributed by atoms with E-state index in [0.29, 0.717) is 16.9 Å². The number of rotatable bonds is 7. The summed E-state index contributed by atoms with van der Waals surface area (Å²) in [5, 5.41) is 10.9. The van der Waals surface area contributed by atoms with Crippen LogP contribution in [0, 0.1) is 6.92 Å². The van der Waals surface area contributed by atoms with E-state index in [1.165, 1.54) is 11.8 Å². The molecule has 0 fully saturated rings. The number of aryl methyl sites for hydroxylation is 1. The Bertz CT molecular complexity index is 851. The van der Waals surface area contributed by atoms with Crippen LogP contribution in [0.1, 0.15) is 22.3 Å². The van der Waals surface area contributed by atoms with Crippen molar-refractivity contribution in [1.29, 1.82) is 0 Å². The number of nitrogens with one attached hydrogen (secondary N) is 1. The quantitative estimate of drug-likeness (QED) is 0.594. The molecule has 0 bridgehead atoms. The van der Waals surface area contributed by atoms with Crippen LogP contribution in [-0.4, -0.2) is 22.4 Å². The van der Waals surface area contributed by atoms with Gasteiger partial charge in [0.1, 0.15) is 5.25 Å².